The highest BCUT2D eigenvalue weighted by Gasteiger charge is 2.47. The molecule has 4 heterocycles. The molecule has 0 saturated carbocycles. The van der Waals surface area contributed by atoms with Crippen molar-refractivity contribution in [3.8, 4) is 11.5 Å². The Labute approximate surface area is 243 Å². The summed E-state index contributed by atoms with van der Waals surface area (Å²) in [5.41, 5.74) is 9.18. The lowest BCUT2D eigenvalue weighted by atomic mass is 9.77. The van der Waals surface area contributed by atoms with Crippen molar-refractivity contribution in [3.05, 3.63) is 106 Å². The predicted octanol–water partition coefficient (Wildman–Crippen LogP) is 4.28. The Kier molecular flexibility index (Phi) is 5.94. The molecule has 13 heteroatoms. The second-order valence-electron chi connectivity index (χ2n) is 10.2. The third-order valence-electron chi connectivity index (χ3n) is 7.61. The quantitative estimate of drug-likeness (QED) is 0.264. The van der Waals surface area contributed by atoms with Crippen molar-refractivity contribution in [1.82, 2.24) is 40.4 Å². The van der Waals surface area contributed by atoms with E-state index in [2.05, 4.69) is 30.9 Å². The van der Waals surface area contributed by atoms with Crippen LogP contribution in [0.15, 0.2) is 66.7 Å². The van der Waals surface area contributed by atoms with Gasteiger partial charge in [-0.3, -0.25) is 9.48 Å². The van der Waals surface area contributed by atoms with Crippen molar-refractivity contribution in [3.63, 3.8) is 0 Å². The van der Waals surface area contributed by atoms with Gasteiger partial charge in [-0.05, 0) is 42.3 Å². The van der Waals surface area contributed by atoms with E-state index in [1.807, 2.05) is 30.3 Å². The molecule has 3 aromatic carbocycles. The number of aromatic nitrogens is 8. The van der Waals surface area contributed by atoms with Crippen LogP contribution in [0.2, 0.25) is 5.02 Å². The van der Waals surface area contributed by atoms with Gasteiger partial charge in [0.1, 0.15) is 28.6 Å². The second-order valence-corrected chi connectivity index (χ2v) is 10.6. The number of rotatable bonds is 6. The topological polar surface area (TPSA) is 153 Å². The summed E-state index contributed by atoms with van der Waals surface area (Å²) >= 11 is 6.31. The average molecular weight is 581 g/mol. The van der Waals surface area contributed by atoms with Gasteiger partial charge in [-0.15, -0.1) is 10.2 Å². The van der Waals surface area contributed by atoms with E-state index in [4.69, 9.17) is 27.4 Å². The van der Waals surface area contributed by atoms with Crippen LogP contribution in [0.25, 0.3) is 22.4 Å². The van der Waals surface area contributed by atoms with E-state index in [1.54, 1.807) is 41.9 Å². The zero-order chi connectivity index (χ0) is 29.0. The number of hydrogen-bond donors (Lipinski definition) is 3. The molecule has 1 unspecified atom stereocenters. The van der Waals surface area contributed by atoms with Gasteiger partial charge in [-0.2, -0.15) is 10.3 Å². The lowest BCUT2D eigenvalue weighted by Gasteiger charge is -2.23. The van der Waals surface area contributed by atoms with Gasteiger partial charge in [0.15, 0.2) is 11.6 Å². The van der Waals surface area contributed by atoms with E-state index in [-0.39, 0.29) is 29.9 Å². The van der Waals surface area contributed by atoms with Gasteiger partial charge >= 0.3 is 0 Å². The minimum absolute atomic E-state index is 0.150. The average Bonchev–Trinajstić information content (AvgIpc) is 3.68. The Hall–Kier alpha value is -5.23. The molecule has 1 atom stereocenters. The van der Waals surface area contributed by atoms with Gasteiger partial charge in [-0.1, -0.05) is 59.3 Å². The molecule has 0 aliphatic carbocycles. The van der Waals surface area contributed by atoms with Crippen LogP contribution in [0.4, 0.5) is 16.0 Å². The first-order chi connectivity index (χ1) is 20.3. The molecule has 42 heavy (non-hydrogen) atoms. The molecule has 4 N–H and O–H groups in total. The molecule has 0 fully saturated rings. The summed E-state index contributed by atoms with van der Waals surface area (Å²) in [6, 6.07) is 19.4. The fourth-order valence-corrected chi connectivity index (χ4v) is 5.57. The number of nitrogens with zero attached hydrogens (tertiary/aromatic N) is 7. The number of halogens is 2. The van der Waals surface area contributed by atoms with E-state index < -0.39 is 5.41 Å². The lowest BCUT2D eigenvalue weighted by Crippen LogP contribution is -2.33. The summed E-state index contributed by atoms with van der Waals surface area (Å²) in [6.07, 6.45) is 0.494. The molecule has 11 nitrogen and oxygen atoms in total. The van der Waals surface area contributed by atoms with Crippen LogP contribution in [-0.2, 0) is 23.2 Å². The molecule has 0 radical (unpaired) electrons. The molecule has 3 aromatic heterocycles. The Balaban J connectivity index is 1.28. The third kappa shape index (κ3) is 4.15. The highest BCUT2D eigenvalue weighted by atomic mass is 35.5. The van der Waals surface area contributed by atoms with E-state index in [0.29, 0.717) is 50.8 Å². The number of amides is 1. The number of nitrogens with two attached hydrogens (primary N) is 1. The third-order valence-corrected chi connectivity index (χ3v) is 7.84. The molecule has 208 valence electrons. The summed E-state index contributed by atoms with van der Waals surface area (Å²) in [7, 11) is 0. The Morgan fingerprint density at radius 3 is 2.64 bits per heavy atom. The summed E-state index contributed by atoms with van der Waals surface area (Å²) in [5, 5.41) is 22.8. The van der Waals surface area contributed by atoms with Crippen molar-refractivity contribution in [2.75, 3.05) is 11.1 Å². The van der Waals surface area contributed by atoms with Crippen molar-refractivity contribution in [1.29, 1.82) is 0 Å². The lowest BCUT2D eigenvalue weighted by molar-refractivity contribution is -0.119. The zero-order valence-electron chi connectivity index (χ0n) is 22.1. The highest BCUT2D eigenvalue weighted by Crippen LogP contribution is 2.45. The predicted molar refractivity (Wildman–Crippen MR) is 154 cm³/mol. The van der Waals surface area contributed by atoms with Crippen molar-refractivity contribution in [2.45, 2.75) is 25.3 Å². The van der Waals surface area contributed by atoms with Crippen molar-refractivity contribution < 1.29 is 9.18 Å². The molecular weight excluding hydrogens is 559 g/mol. The van der Waals surface area contributed by atoms with Crippen molar-refractivity contribution in [2.24, 2.45) is 0 Å². The van der Waals surface area contributed by atoms with Crippen LogP contribution in [-0.4, -0.2) is 46.3 Å². The Morgan fingerprint density at radius 2 is 1.88 bits per heavy atom. The van der Waals surface area contributed by atoms with Crippen LogP contribution < -0.4 is 11.1 Å². The van der Waals surface area contributed by atoms with E-state index in [0.717, 1.165) is 11.1 Å². The number of aromatic amines is 1. The fourth-order valence-electron chi connectivity index (χ4n) is 5.41. The number of carbonyl (C=O) groups excluding carboxylic acids is 1. The minimum atomic E-state index is -1.12. The van der Waals surface area contributed by atoms with Gasteiger partial charge in [-0.25, -0.2) is 14.4 Å². The molecule has 1 amide bonds. The summed E-state index contributed by atoms with van der Waals surface area (Å²) in [4.78, 5) is 22.8. The van der Waals surface area contributed by atoms with Gasteiger partial charge in [0.05, 0.1) is 17.6 Å². The number of nitrogen functional groups attached to an aromatic ring is 1. The van der Waals surface area contributed by atoms with Crippen LogP contribution in [0.1, 0.15) is 35.0 Å². The highest BCUT2D eigenvalue weighted by molar-refractivity contribution is 6.31. The first kappa shape index (κ1) is 25.7. The summed E-state index contributed by atoms with van der Waals surface area (Å²) in [5.74, 6) is 0.639. The maximum absolute atomic E-state index is 14.5. The Morgan fingerprint density at radius 1 is 1.07 bits per heavy atom. The van der Waals surface area contributed by atoms with Gasteiger partial charge in [0.2, 0.25) is 5.91 Å². The SMILES string of the molecule is CC1(c2ccc(Cc3nn[nH]n3)cc2)C(=O)Nc2nc(-c3nn(Cc4ccccc4F)c4cc(Cl)ccc34)nc(N)c21. The van der Waals surface area contributed by atoms with Crippen LogP contribution in [0.5, 0.6) is 0 Å². The molecule has 1 aliphatic rings. The number of H-pyrrole nitrogens is 1. The Bertz CT molecular complexity index is 1990. The number of fused-ring (bicyclic) bond motifs is 2. The number of tetrazole rings is 1. The minimum Gasteiger partial charge on any atom is -0.383 e. The number of benzene rings is 3. The van der Waals surface area contributed by atoms with Gasteiger partial charge < -0.3 is 11.1 Å². The second kappa shape index (κ2) is 9.70. The number of nitrogens with one attached hydrogen (secondary N) is 2. The number of anilines is 2. The van der Waals surface area contributed by atoms with Crippen LogP contribution in [0.3, 0.4) is 0 Å². The molecular formula is C29H22ClFN10O. The smallest absolute Gasteiger partial charge is 0.240 e. The molecule has 0 saturated heterocycles. The molecule has 7 rings (SSSR count). The van der Waals surface area contributed by atoms with E-state index in [9.17, 15) is 9.18 Å². The molecule has 6 aromatic rings. The summed E-state index contributed by atoms with van der Waals surface area (Å²) < 4.78 is 16.1. The number of carbonyl (C=O) groups is 1. The first-order valence-electron chi connectivity index (χ1n) is 13.0. The van der Waals surface area contributed by atoms with Crippen LogP contribution in [0, 0.1) is 5.82 Å². The van der Waals surface area contributed by atoms with E-state index >= 15 is 0 Å². The van der Waals surface area contributed by atoms with Gasteiger partial charge in [0.25, 0.3) is 0 Å². The largest absolute Gasteiger partial charge is 0.383 e. The van der Waals surface area contributed by atoms with Crippen molar-refractivity contribution >= 4 is 40.0 Å². The fraction of sp³-hybridized carbons (Fsp3) is 0.138. The first-order valence-corrected chi connectivity index (χ1v) is 13.4. The summed E-state index contributed by atoms with van der Waals surface area (Å²) in [6.45, 7) is 1.96. The maximum atomic E-state index is 14.5. The zero-order valence-corrected chi connectivity index (χ0v) is 22.9. The standard InChI is InChI=1S/C29H22ClFN10O/c1-29(17-8-6-15(7-9-17)12-22-36-39-40-37-22)23-25(32)33-27(34-26(23)35-28(29)42)24-19-11-10-18(30)13-21(19)41(38-24)14-16-4-2-3-5-20(16)31/h2-11,13H,12,14H2,1H3,(H,36,37,39,40)(H3,32,33,34,35,42). The molecule has 0 spiro atoms. The normalized spacial score (nSPS) is 16.1. The monoisotopic (exact) mass is 580 g/mol. The number of hydrogen-bond acceptors (Lipinski definition) is 8. The molecule has 0 bridgehead atoms. The van der Waals surface area contributed by atoms with Gasteiger partial charge in [0, 0.05) is 22.4 Å². The van der Waals surface area contributed by atoms with Crippen LogP contribution >= 0.6 is 11.6 Å². The molecule has 1 aliphatic heterocycles. The maximum Gasteiger partial charge on any atom is 0.240 e. The van der Waals surface area contributed by atoms with E-state index in [1.165, 1.54) is 6.07 Å².